The minimum Gasteiger partial charge on any atom is -0.392 e. The first kappa shape index (κ1) is 13.5. The van der Waals surface area contributed by atoms with E-state index in [9.17, 15) is 10.2 Å². The second kappa shape index (κ2) is 4.44. The zero-order valence-corrected chi connectivity index (χ0v) is 12.6. The number of fused-ring (bicyclic) bond motifs is 5. The fourth-order valence-corrected chi connectivity index (χ4v) is 5.21. The zero-order valence-electron chi connectivity index (χ0n) is 12.6. The molecule has 3 aliphatic rings. The summed E-state index contributed by atoms with van der Waals surface area (Å²) >= 11 is 0. The average molecular weight is 284 g/mol. The third kappa shape index (κ3) is 1.66. The number of aliphatic hydroxyl groups excluding tert-OH is 1. The lowest BCUT2D eigenvalue weighted by Crippen LogP contribution is -2.63. The van der Waals surface area contributed by atoms with Gasteiger partial charge >= 0.3 is 0 Å². The van der Waals surface area contributed by atoms with Gasteiger partial charge in [0.15, 0.2) is 0 Å². The van der Waals surface area contributed by atoms with Crippen LogP contribution in [-0.2, 0) is 0 Å². The predicted molar refractivity (Wildman–Crippen MR) is 83.9 cm³/mol. The van der Waals surface area contributed by atoms with Crippen LogP contribution in [-0.4, -0.2) is 21.9 Å². The predicted octanol–water partition coefficient (Wildman–Crippen LogP) is 3.49. The van der Waals surface area contributed by atoms with Gasteiger partial charge in [0, 0.05) is 11.3 Å². The molecule has 0 aromatic heterocycles. The van der Waals surface area contributed by atoms with Crippen LogP contribution in [0.25, 0.3) is 6.08 Å². The van der Waals surface area contributed by atoms with Crippen molar-refractivity contribution in [2.24, 2.45) is 11.3 Å². The van der Waals surface area contributed by atoms with Gasteiger partial charge in [-0.3, -0.25) is 0 Å². The molecule has 0 aliphatic heterocycles. The quantitative estimate of drug-likeness (QED) is 0.765. The Balaban J connectivity index is 1.81. The first-order chi connectivity index (χ1) is 10.1. The summed E-state index contributed by atoms with van der Waals surface area (Å²) in [5.74, 6) is 0.538. The lowest BCUT2D eigenvalue weighted by molar-refractivity contribution is -0.208. The van der Waals surface area contributed by atoms with Gasteiger partial charge in [0.2, 0.25) is 0 Å². The molecule has 0 unspecified atom stereocenters. The second-order valence-corrected chi connectivity index (χ2v) is 7.41. The highest BCUT2D eigenvalue weighted by atomic mass is 16.3. The molecule has 2 saturated carbocycles. The van der Waals surface area contributed by atoms with Gasteiger partial charge in [0.25, 0.3) is 0 Å². The van der Waals surface area contributed by atoms with Crippen molar-refractivity contribution < 1.29 is 10.2 Å². The van der Waals surface area contributed by atoms with Crippen LogP contribution in [0.5, 0.6) is 0 Å². The van der Waals surface area contributed by atoms with Gasteiger partial charge in [-0.2, -0.15) is 0 Å². The number of hydrogen-bond donors (Lipinski definition) is 2. The molecule has 3 aliphatic carbocycles. The SMILES string of the molecule is C[C@@]12CC[C@H]3c4ccccc4C=C[C@@H]3[C@]1(O)CCC[C@@H]2O. The molecule has 0 amide bonds. The topological polar surface area (TPSA) is 40.5 Å². The largest absolute Gasteiger partial charge is 0.392 e. The molecule has 4 rings (SSSR count). The van der Waals surface area contributed by atoms with E-state index < -0.39 is 5.60 Å². The Bertz CT molecular complexity index is 593. The van der Waals surface area contributed by atoms with E-state index >= 15 is 0 Å². The van der Waals surface area contributed by atoms with Gasteiger partial charge in [-0.15, -0.1) is 0 Å². The summed E-state index contributed by atoms with van der Waals surface area (Å²) in [7, 11) is 0. The summed E-state index contributed by atoms with van der Waals surface area (Å²) < 4.78 is 0. The lowest BCUT2D eigenvalue weighted by Gasteiger charge is -2.60. The highest BCUT2D eigenvalue weighted by Gasteiger charge is 2.61. The van der Waals surface area contributed by atoms with E-state index in [1.807, 2.05) is 0 Å². The molecule has 1 aromatic carbocycles. The standard InChI is InChI=1S/C19H24O2/c1-18-12-10-15-14-6-3-2-5-13(14)8-9-16(15)19(18,21)11-4-7-17(18)20/h2-3,5-6,8-9,15-17,20-21H,4,7,10-12H2,1H3/t15-,16-,17-,18-,19+/m0/s1. The molecule has 2 heteroatoms. The van der Waals surface area contributed by atoms with Crippen LogP contribution >= 0.6 is 0 Å². The van der Waals surface area contributed by atoms with Crippen LogP contribution in [0.15, 0.2) is 30.3 Å². The minimum absolute atomic E-state index is 0.140. The molecule has 1 aromatic rings. The fraction of sp³-hybridized carbons (Fsp3) is 0.579. The van der Waals surface area contributed by atoms with E-state index in [-0.39, 0.29) is 17.4 Å². The molecule has 2 nitrogen and oxygen atoms in total. The van der Waals surface area contributed by atoms with Crippen molar-refractivity contribution in [3.05, 3.63) is 41.5 Å². The van der Waals surface area contributed by atoms with Gasteiger partial charge in [-0.25, -0.2) is 0 Å². The molecule has 0 radical (unpaired) electrons. The van der Waals surface area contributed by atoms with E-state index in [0.29, 0.717) is 5.92 Å². The van der Waals surface area contributed by atoms with Crippen molar-refractivity contribution in [1.29, 1.82) is 0 Å². The molecule has 2 fully saturated rings. The van der Waals surface area contributed by atoms with Crippen LogP contribution in [0.1, 0.15) is 56.1 Å². The lowest BCUT2D eigenvalue weighted by atomic mass is 9.48. The molecule has 21 heavy (non-hydrogen) atoms. The normalized spacial score (nSPS) is 44.6. The summed E-state index contributed by atoms with van der Waals surface area (Å²) in [6, 6.07) is 8.55. The van der Waals surface area contributed by atoms with E-state index in [1.165, 1.54) is 11.1 Å². The molecular formula is C19H24O2. The van der Waals surface area contributed by atoms with Crippen molar-refractivity contribution in [1.82, 2.24) is 0 Å². The average Bonchev–Trinajstić information content (AvgIpc) is 2.49. The summed E-state index contributed by atoms with van der Waals surface area (Å²) in [6.07, 6.45) is 8.54. The molecule has 112 valence electrons. The van der Waals surface area contributed by atoms with Crippen molar-refractivity contribution in [3.8, 4) is 0 Å². The van der Waals surface area contributed by atoms with E-state index in [0.717, 1.165) is 32.1 Å². The van der Waals surface area contributed by atoms with Gasteiger partial charge in [0.1, 0.15) is 0 Å². The van der Waals surface area contributed by atoms with Gasteiger partial charge in [-0.05, 0) is 49.1 Å². The van der Waals surface area contributed by atoms with Gasteiger partial charge in [-0.1, -0.05) is 43.3 Å². The van der Waals surface area contributed by atoms with Crippen LogP contribution in [0, 0.1) is 11.3 Å². The van der Waals surface area contributed by atoms with Crippen LogP contribution in [0.2, 0.25) is 0 Å². The van der Waals surface area contributed by atoms with E-state index in [2.05, 4.69) is 43.3 Å². The summed E-state index contributed by atoms with van der Waals surface area (Å²) in [6.45, 7) is 2.10. The van der Waals surface area contributed by atoms with Crippen molar-refractivity contribution in [2.45, 2.75) is 56.7 Å². The maximum absolute atomic E-state index is 11.5. The Labute approximate surface area is 126 Å². The highest BCUT2D eigenvalue weighted by Crippen LogP contribution is 2.60. The molecule has 0 saturated heterocycles. The molecule has 0 bridgehead atoms. The monoisotopic (exact) mass is 284 g/mol. The van der Waals surface area contributed by atoms with Gasteiger partial charge in [0.05, 0.1) is 11.7 Å². The fourth-order valence-electron chi connectivity index (χ4n) is 5.21. The van der Waals surface area contributed by atoms with Crippen LogP contribution in [0.4, 0.5) is 0 Å². The number of aliphatic hydroxyl groups is 2. The Morgan fingerprint density at radius 1 is 1.14 bits per heavy atom. The Kier molecular flexibility index (Phi) is 2.86. The third-order valence-corrected chi connectivity index (χ3v) is 6.60. The molecule has 5 atom stereocenters. The third-order valence-electron chi connectivity index (χ3n) is 6.60. The Morgan fingerprint density at radius 3 is 2.81 bits per heavy atom. The number of rotatable bonds is 0. The molecule has 0 spiro atoms. The summed E-state index contributed by atoms with van der Waals surface area (Å²) in [5, 5.41) is 22.1. The Morgan fingerprint density at radius 2 is 1.95 bits per heavy atom. The smallest absolute Gasteiger partial charge is 0.0793 e. The highest BCUT2D eigenvalue weighted by molar-refractivity contribution is 5.59. The summed E-state index contributed by atoms with van der Waals surface area (Å²) in [4.78, 5) is 0. The minimum atomic E-state index is -0.766. The molecular weight excluding hydrogens is 260 g/mol. The van der Waals surface area contributed by atoms with Crippen LogP contribution < -0.4 is 0 Å². The number of benzene rings is 1. The second-order valence-electron chi connectivity index (χ2n) is 7.41. The molecule has 2 N–H and O–H groups in total. The van der Waals surface area contributed by atoms with Crippen molar-refractivity contribution in [3.63, 3.8) is 0 Å². The maximum atomic E-state index is 11.5. The zero-order chi connectivity index (χ0) is 14.7. The van der Waals surface area contributed by atoms with E-state index in [4.69, 9.17) is 0 Å². The van der Waals surface area contributed by atoms with Crippen molar-refractivity contribution >= 4 is 6.08 Å². The summed E-state index contributed by atoms with van der Waals surface area (Å²) in [5.41, 5.74) is 1.54. The first-order valence-corrected chi connectivity index (χ1v) is 8.24. The Hall–Kier alpha value is -1.12. The van der Waals surface area contributed by atoms with Crippen LogP contribution in [0.3, 0.4) is 0 Å². The van der Waals surface area contributed by atoms with Gasteiger partial charge < -0.3 is 10.2 Å². The maximum Gasteiger partial charge on any atom is 0.0793 e. The molecule has 0 heterocycles. The first-order valence-electron chi connectivity index (χ1n) is 8.24. The van der Waals surface area contributed by atoms with Crippen molar-refractivity contribution in [2.75, 3.05) is 0 Å². The number of hydrogen-bond acceptors (Lipinski definition) is 2. The van der Waals surface area contributed by atoms with E-state index in [1.54, 1.807) is 0 Å².